The summed E-state index contributed by atoms with van der Waals surface area (Å²) in [5.41, 5.74) is 3.50. The second kappa shape index (κ2) is 8.51. The van der Waals surface area contributed by atoms with Gasteiger partial charge in [-0.05, 0) is 36.8 Å². The van der Waals surface area contributed by atoms with Crippen LogP contribution in [0.5, 0.6) is 5.75 Å². The molecule has 0 radical (unpaired) electrons. The van der Waals surface area contributed by atoms with Gasteiger partial charge in [0.2, 0.25) is 0 Å². The minimum Gasteiger partial charge on any atom is -0.497 e. The van der Waals surface area contributed by atoms with Crippen molar-refractivity contribution in [2.75, 3.05) is 7.11 Å². The van der Waals surface area contributed by atoms with Crippen LogP contribution in [0.25, 0.3) is 10.6 Å². The van der Waals surface area contributed by atoms with Crippen LogP contribution in [0.1, 0.15) is 33.5 Å². The fourth-order valence-electron chi connectivity index (χ4n) is 3.21. The van der Waals surface area contributed by atoms with E-state index in [2.05, 4.69) is 15.3 Å². The standard InChI is InChI=1S/C23H22N4O2S/c1-15-14-30-23(25-15)18-6-4-17(5-7-18)22(28)26-20(21-24-12-13-27(21)2)16-8-10-19(29-3)11-9-16/h4-14,20H,1-3H3,(H,26,28). The molecule has 1 unspecified atom stereocenters. The van der Waals surface area contributed by atoms with E-state index in [9.17, 15) is 4.79 Å². The summed E-state index contributed by atoms with van der Waals surface area (Å²) in [6, 6.07) is 14.7. The van der Waals surface area contributed by atoms with Crippen molar-refractivity contribution in [2.24, 2.45) is 7.05 Å². The number of imidazole rings is 1. The summed E-state index contributed by atoms with van der Waals surface area (Å²) in [4.78, 5) is 22.0. The molecule has 30 heavy (non-hydrogen) atoms. The third-order valence-electron chi connectivity index (χ3n) is 4.85. The van der Waals surface area contributed by atoms with Crippen molar-refractivity contribution in [3.63, 3.8) is 0 Å². The maximum atomic E-state index is 13.0. The number of amides is 1. The lowest BCUT2D eigenvalue weighted by Gasteiger charge is -2.19. The SMILES string of the molecule is COc1ccc(C(NC(=O)c2ccc(-c3nc(C)cs3)cc2)c2nccn2C)cc1. The lowest BCUT2D eigenvalue weighted by Crippen LogP contribution is -2.31. The summed E-state index contributed by atoms with van der Waals surface area (Å²) in [5.74, 6) is 1.35. The Hall–Kier alpha value is -3.45. The second-order valence-corrected chi connectivity index (χ2v) is 7.81. The zero-order valence-corrected chi connectivity index (χ0v) is 17.8. The molecule has 1 N–H and O–H groups in total. The van der Waals surface area contributed by atoms with Crippen molar-refractivity contribution in [2.45, 2.75) is 13.0 Å². The van der Waals surface area contributed by atoms with Crippen LogP contribution in [0.2, 0.25) is 0 Å². The number of carbonyl (C=O) groups is 1. The number of carbonyl (C=O) groups excluding carboxylic acids is 1. The van der Waals surface area contributed by atoms with Gasteiger partial charge in [0.1, 0.15) is 22.6 Å². The molecular weight excluding hydrogens is 396 g/mol. The van der Waals surface area contributed by atoms with Crippen LogP contribution in [-0.2, 0) is 7.05 Å². The highest BCUT2D eigenvalue weighted by molar-refractivity contribution is 7.13. The summed E-state index contributed by atoms with van der Waals surface area (Å²) in [7, 11) is 3.54. The summed E-state index contributed by atoms with van der Waals surface area (Å²) in [6.45, 7) is 1.97. The Labute approximate surface area is 179 Å². The number of nitrogens with one attached hydrogen (secondary N) is 1. The molecule has 0 spiro atoms. The van der Waals surface area contributed by atoms with Crippen LogP contribution in [0.4, 0.5) is 0 Å². The number of nitrogens with zero attached hydrogens (tertiary/aromatic N) is 3. The van der Waals surface area contributed by atoms with E-state index in [1.165, 1.54) is 0 Å². The molecule has 4 rings (SSSR count). The Kier molecular flexibility index (Phi) is 5.63. The van der Waals surface area contributed by atoms with E-state index in [1.54, 1.807) is 24.6 Å². The first kappa shape index (κ1) is 19.8. The van der Waals surface area contributed by atoms with Gasteiger partial charge in [-0.3, -0.25) is 4.79 Å². The van der Waals surface area contributed by atoms with Gasteiger partial charge in [-0.2, -0.15) is 0 Å². The normalized spacial score (nSPS) is 11.8. The minimum atomic E-state index is -0.385. The Bertz CT molecular complexity index is 1150. The van der Waals surface area contributed by atoms with E-state index in [0.29, 0.717) is 5.56 Å². The number of hydrogen-bond donors (Lipinski definition) is 1. The molecule has 7 heteroatoms. The van der Waals surface area contributed by atoms with E-state index < -0.39 is 0 Å². The zero-order valence-electron chi connectivity index (χ0n) is 17.0. The molecule has 0 aliphatic heterocycles. The van der Waals surface area contributed by atoms with Crippen molar-refractivity contribution in [3.05, 3.63) is 88.9 Å². The largest absolute Gasteiger partial charge is 0.497 e. The number of aryl methyl sites for hydroxylation is 2. The molecule has 0 aliphatic carbocycles. The van der Waals surface area contributed by atoms with Crippen molar-refractivity contribution in [1.82, 2.24) is 19.9 Å². The zero-order chi connectivity index (χ0) is 21.1. The second-order valence-electron chi connectivity index (χ2n) is 6.95. The third kappa shape index (κ3) is 4.11. The highest BCUT2D eigenvalue weighted by atomic mass is 32.1. The predicted octanol–water partition coefficient (Wildman–Crippen LogP) is 4.38. The van der Waals surface area contributed by atoms with Gasteiger partial charge in [0, 0.05) is 41.6 Å². The monoisotopic (exact) mass is 418 g/mol. The maximum Gasteiger partial charge on any atom is 0.252 e. The Morgan fingerprint density at radius 3 is 2.43 bits per heavy atom. The van der Waals surface area contributed by atoms with Gasteiger partial charge in [-0.1, -0.05) is 24.3 Å². The summed E-state index contributed by atoms with van der Waals surface area (Å²) in [6.07, 6.45) is 3.59. The molecule has 2 heterocycles. The number of thiazole rings is 1. The molecule has 1 amide bonds. The van der Waals surface area contributed by atoms with Crippen LogP contribution < -0.4 is 10.1 Å². The van der Waals surface area contributed by atoms with Gasteiger partial charge in [0.05, 0.1) is 7.11 Å². The molecule has 0 bridgehead atoms. The van der Waals surface area contributed by atoms with Crippen molar-refractivity contribution in [1.29, 1.82) is 0 Å². The minimum absolute atomic E-state index is 0.166. The molecule has 1 atom stereocenters. The Morgan fingerprint density at radius 1 is 1.13 bits per heavy atom. The fourth-order valence-corrected chi connectivity index (χ4v) is 4.02. The van der Waals surface area contributed by atoms with Gasteiger partial charge in [0.15, 0.2) is 0 Å². The van der Waals surface area contributed by atoms with Crippen LogP contribution in [-0.4, -0.2) is 27.6 Å². The van der Waals surface area contributed by atoms with E-state index in [0.717, 1.165) is 33.4 Å². The van der Waals surface area contributed by atoms with Crippen LogP contribution in [0.3, 0.4) is 0 Å². The van der Waals surface area contributed by atoms with Crippen LogP contribution in [0, 0.1) is 6.92 Å². The first-order chi connectivity index (χ1) is 14.5. The van der Waals surface area contributed by atoms with Gasteiger partial charge < -0.3 is 14.6 Å². The Balaban J connectivity index is 1.59. The van der Waals surface area contributed by atoms with Crippen molar-refractivity contribution >= 4 is 17.2 Å². The molecule has 152 valence electrons. The third-order valence-corrected chi connectivity index (χ3v) is 5.86. The molecule has 2 aromatic carbocycles. The molecule has 0 saturated carbocycles. The molecule has 0 fully saturated rings. The van der Waals surface area contributed by atoms with Crippen molar-refractivity contribution in [3.8, 4) is 16.3 Å². The number of benzene rings is 2. The molecule has 0 saturated heterocycles. The van der Waals surface area contributed by atoms with Crippen molar-refractivity contribution < 1.29 is 9.53 Å². The van der Waals surface area contributed by atoms with E-state index in [1.807, 2.05) is 78.6 Å². The molecule has 0 aliphatic rings. The number of methoxy groups -OCH3 is 1. The molecule has 2 aromatic heterocycles. The van der Waals surface area contributed by atoms with E-state index >= 15 is 0 Å². The molecule has 4 aromatic rings. The first-order valence-corrected chi connectivity index (χ1v) is 10.4. The smallest absolute Gasteiger partial charge is 0.252 e. The van der Waals surface area contributed by atoms with E-state index in [4.69, 9.17) is 4.74 Å². The van der Waals surface area contributed by atoms with E-state index in [-0.39, 0.29) is 11.9 Å². The lowest BCUT2D eigenvalue weighted by molar-refractivity contribution is 0.0941. The quantitative estimate of drug-likeness (QED) is 0.505. The Morgan fingerprint density at radius 2 is 1.87 bits per heavy atom. The highest BCUT2D eigenvalue weighted by Crippen LogP contribution is 2.25. The summed E-state index contributed by atoms with van der Waals surface area (Å²) < 4.78 is 7.16. The summed E-state index contributed by atoms with van der Waals surface area (Å²) >= 11 is 1.59. The van der Waals surface area contributed by atoms with Gasteiger partial charge in [-0.15, -0.1) is 11.3 Å². The average molecular weight is 419 g/mol. The predicted molar refractivity (Wildman–Crippen MR) is 118 cm³/mol. The number of rotatable bonds is 6. The van der Waals surface area contributed by atoms with Crippen LogP contribution in [0.15, 0.2) is 66.3 Å². The van der Waals surface area contributed by atoms with Gasteiger partial charge >= 0.3 is 0 Å². The first-order valence-electron chi connectivity index (χ1n) is 9.50. The summed E-state index contributed by atoms with van der Waals surface area (Å²) in [5, 5.41) is 6.08. The lowest BCUT2D eigenvalue weighted by atomic mass is 10.0. The highest BCUT2D eigenvalue weighted by Gasteiger charge is 2.21. The average Bonchev–Trinajstić information content (AvgIpc) is 3.40. The maximum absolute atomic E-state index is 13.0. The molecular formula is C23H22N4O2S. The van der Waals surface area contributed by atoms with Crippen LogP contribution >= 0.6 is 11.3 Å². The number of aromatic nitrogens is 3. The topological polar surface area (TPSA) is 69.0 Å². The fraction of sp³-hybridized carbons (Fsp3) is 0.174. The van der Waals surface area contributed by atoms with Gasteiger partial charge in [0.25, 0.3) is 5.91 Å². The molecule has 6 nitrogen and oxygen atoms in total. The van der Waals surface area contributed by atoms with Gasteiger partial charge in [-0.25, -0.2) is 9.97 Å². The number of ether oxygens (including phenoxy) is 1. The number of hydrogen-bond acceptors (Lipinski definition) is 5.